The Bertz CT molecular complexity index is 525. The summed E-state index contributed by atoms with van der Waals surface area (Å²) in [5, 5.41) is 6.23. The van der Waals surface area contributed by atoms with E-state index in [1.807, 2.05) is 48.5 Å². The van der Waals surface area contributed by atoms with E-state index >= 15 is 0 Å². The molecule has 0 aliphatic rings. The number of nitrogens with one attached hydrogen (secondary N) is 2. The number of hydrogen-bond acceptors (Lipinski definition) is 2. The average Bonchev–Trinajstić information content (AvgIpc) is 2.49. The molecule has 2 N–H and O–H groups in total. The van der Waals surface area contributed by atoms with Crippen molar-refractivity contribution in [2.24, 2.45) is 0 Å². The number of anilines is 1. The molecule has 2 aromatic carbocycles. The number of carbonyl (C=O) groups excluding carboxylic acids is 1. The molecule has 0 saturated carbocycles. The van der Waals surface area contributed by atoms with E-state index in [2.05, 4.69) is 29.7 Å². The molecule has 3 nitrogen and oxygen atoms in total. The zero-order valence-electron chi connectivity index (χ0n) is 11.7. The highest BCUT2D eigenvalue weighted by molar-refractivity contribution is 5.90. The molecule has 0 bridgehead atoms. The van der Waals surface area contributed by atoms with Gasteiger partial charge in [0.05, 0.1) is 0 Å². The second-order valence-electron chi connectivity index (χ2n) is 4.75. The fraction of sp³-hybridized carbons (Fsp3) is 0.235. The van der Waals surface area contributed by atoms with Crippen LogP contribution in [0.2, 0.25) is 0 Å². The molecule has 0 radical (unpaired) electrons. The minimum absolute atomic E-state index is 0.0314. The van der Waals surface area contributed by atoms with Gasteiger partial charge in [-0.1, -0.05) is 48.5 Å². The van der Waals surface area contributed by atoms with Crippen molar-refractivity contribution in [3.8, 4) is 0 Å². The summed E-state index contributed by atoms with van der Waals surface area (Å²) in [4.78, 5) is 11.8. The van der Waals surface area contributed by atoms with Crippen LogP contribution < -0.4 is 10.6 Å². The van der Waals surface area contributed by atoms with Crippen LogP contribution in [0, 0.1) is 0 Å². The van der Waals surface area contributed by atoms with Crippen molar-refractivity contribution < 1.29 is 4.79 Å². The predicted octanol–water partition coefficient (Wildman–Crippen LogP) is 3.37. The number of amides is 1. The topological polar surface area (TPSA) is 41.1 Å². The van der Waals surface area contributed by atoms with Crippen LogP contribution in [0.25, 0.3) is 0 Å². The smallest absolute Gasteiger partial charge is 0.225 e. The first-order valence-corrected chi connectivity index (χ1v) is 6.89. The van der Waals surface area contributed by atoms with Gasteiger partial charge in [-0.15, -0.1) is 0 Å². The van der Waals surface area contributed by atoms with Gasteiger partial charge in [0.1, 0.15) is 0 Å². The Morgan fingerprint density at radius 2 is 1.60 bits per heavy atom. The van der Waals surface area contributed by atoms with Crippen LogP contribution in [0.4, 0.5) is 5.69 Å². The lowest BCUT2D eigenvalue weighted by molar-refractivity contribution is -0.116. The summed E-state index contributed by atoms with van der Waals surface area (Å²) >= 11 is 0. The number of carbonyl (C=O) groups is 1. The summed E-state index contributed by atoms with van der Waals surface area (Å²) in [6.45, 7) is 2.76. The Morgan fingerprint density at radius 3 is 2.25 bits per heavy atom. The fourth-order valence-electron chi connectivity index (χ4n) is 2.01. The van der Waals surface area contributed by atoms with Gasteiger partial charge in [-0.3, -0.25) is 4.79 Å². The summed E-state index contributed by atoms with van der Waals surface area (Å²) in [5.74, 6) is 0.0314. The fourth-order valence-corrected chi connectivity index (χ4v) is 2.01. The Balaban J connectivity index is 1.72. The van der Waals surface area contributed by atoms with Crippen LogP contribution in [-0.2, 0) is 4.79 Å². The molecule has 2 aromatic rings. The molecule has 1 amide bonds. The van der Waals surface area contributed by atoms with Crippen molar-refractivity contribution >= 4 is 11.6 Å². The minimum Gasteiger partial charge on any atom is -0.326 e. The summed E-state index contributed by atoms with van der Waals surface area (Å²) in [5.41, 5.74) is 2.07. The number of benzene rings is 2. The van der Waals surface area contributed by atoms with Gasteiger partial charge in [-0.05, 0) is 24.6 Å². The van der Waals surface area contributed by atoms with Crippen LogP contribution in [0.3, 0.4) is 0 Å². The molecule has 1 atom stereocenters. The van der Waals surface area contributed by atoms with Gasteiger partial charge in [0.25, 0.3) is 0 Å². The van der Waals surface area contributed by atoms with Gasteiger partial charge < -0.3 is 10.6 Å². The summed E-state index contributed by atoms with van der Waals surface area (Å²) in [6, 6.07) is 20.0. The van der Waals surface area contributed by atoms with Crippen molar-refractivity contribution in [3.05, 3.63) is 66.2 Å². The van der Waals surface area contributed by atoms with Crippen molar-refractivity contribution in [2.75, 3.05) is 11.9 Å². The maximum atomic E-state index is 11.8. The van der Waals surface area contributed by atoms with E-state index in [1.54, 1.807) is 0 Å². The number of hydrogen-bond donors (Lipinski definition) is 2. The molecule has 0 aliphatic carbocycles. The molecule has 1 unspecified atom stereocenters. The second kappa shape index (κ2) is 7.46. The molecule has 0 fully saturated rings. The van der Waals surface area contributed by atoms with Gasteiger partial charge in [0.15, 0.2) is 0 Å². The molecule has 0 aromatic heterocycles. The Kier molecular flexibility index (Phi) is 5.33. The highest BCUT2D eigenvalue weighted by atomic mass is 16.1. The maximum Gasteiger partial charge on any atom is 0.225 e. The lowest BCUT2D eigenvalue weighted by atomic mass is 10.1. The Labute approximate surface area is 120 Å². The number of rotatable bonds is 6. The van der Waals surface area contributed by atoms with Crippen LogP contribution in [0.15, 0.2) is 60.7 Å². The monoisotopic (exact) mass is 268 g/mol. The van der Waals surface area contributed by atoms with Crippen LogP contribution in [0.5, 0.6) is 0 Å². The maximum absolute atomic E-state index is 11.8. The molecule has 0 aliphatic heterocycles. The largest absolute Gasteiger partial charge is 0.326 e. The Hall–Kier alpha value is -2.13. The molecule has 0 saturated heterocycles. The highest BCUT2D eigenvalue weighted by Crippen LogP contribution is 2.11. The van der Waals surface area contributed by atoms with E-state index in [1.165, 1.54) is 5.56 Å². The standard InChI is InChI=1S/C17H20N2O/c1-14(15-8-4-2-5-9-15)18-13-12-17(20)19-16-10-6-3-7-11-16/h2-11,14,18H,12-13H2,1H3,(H,19,20). The van der Waals surface area contributed by atoms with Gasteiger partial charge >= 0.3 is 0 Å². The molecule has 104 valence electrons. The van der Waals surface area contributed by atoms with Gasteiger partial charge in [0, 0.05) is 24.7 Å². The molecule has 0 spiro atoms. The zero-order valence-corrected chi connectivity index (χ0v) is 11.7. The Morgan fingerprint density at radius 1 is 1.00 bits per heavy atom. The van der Waals surface area contributed by atoms with Gasteiger partial charge in [0.2, 0.25) is 5.91 Å². The molecule has 0 heterocycles. The van der Waals surface area contributed by atoms with E-state index in [-0.39, 0.29) is 11.9 Å². The first-order valence-electron chi connectivity index (χ1n) is 6.89. The third-order valence-corrected chi connectivity index (χ3v) is 3.16. The summed E-state index contributed by atoms with van der Waals surface area (Å²) in [6.07, 6.45) is 0.464. The van der Waals surface area contributed by atoms with Crippen molar-refractivity contribution in [2.45, 2.75) is 19.4 Å². The first-order chi connectivity index (χ1) is 9.75. The van der Waals surface area contributed by atoms with Gasteiger partial charge in [-0.2, -0.15) is 0 Å². The van der Waals surface area contributed by atoms with Crippen LogP contribution in [-0.4, -0.2) is 12.5 Å². The molecule has 20 heavy (non-hydrogen) atoms. The zero-order chi connectivity index (χ0) is 14.2. The van der Waals surface area contributed by atoms with E-state index < -0.39 is 0 Å². The van der Waals surface area contributed by atoms with Crippen molar-refractivity contribution in [1.29, 1.82) is 0 Å². The van der Waals surface area contributed by atoms with Crippen molar-refractivity contribution in [1.82, 2.24) is 5.32 Å². The first kappa shape index (κ1) is 14.3. The quantitative estimate of drug-likeness (QED) is 0.843. The third kappa shape index (κ3) is 4.52. The second-order valence-corrected chi connectivity index (χ2v) is 4.75. The molecule has 2 rings (SSSR count). The SMILES string of the molecule is CC(NCCC(=O)Nc1ccccc1)c1ccccc1. The lowest BCUT2D eigenvalue weighted by Gasteiger charge is -2.14. The van der Waals surface area contributed by atoms with E-state index in [0.717, 1.165) is 5.69 Å². The average molecular weight is 268 g/mol. The predicted molar refractivity (Wildman–Crippen MR) is 82.5 cm³/mol. The summed E-state index contributed by atoms with van der Waals surface area (Å²) < 4.78 is 0. The van der Waals surface area contributed by atoms with Crippen LogP contribution >= 0.6 is 0 Å². The summed E-state index contributed by atoms with van der Waals surface area (Å²) in [7, 11) is 0. The third-order valence-electron chi connectivity index (χ3n) is 3.16. The normalized spacial score (nSPS) is 11.8. The van der Waals surface area contributed by atoms with Crippen LogP contribution in [0.1, 0.15) is 24.9 Å². The highest BCUT2D eigenvalue weighted by Gasteiger charge is 2.06. The molecular formula is C17H20N2O. The van der Waals surface area contributed by atoms with Gasteiger partial charge in [-0.25, -0.2) is 0 Å². The van der Waals surface area contributed by atoms with E-state index in [0.29, 0.717) is 13.0 Å². The molecule has 3 heteroatoms. The molecular weight excluding hydrogens is 248 g/mol. The van der Waals surface area contributed by atoms with E-state index in [9.17, 15) is 4.79 Å². The van der Waals surface area contributed by atoms with E-state index in [4.69, 9.17) is 0 Å². The minimum atomic E-state index is 0.0314. The van der Waals surface area contributed by atoms with Crippen molar-refractivity contribution in [3.63, 3.8) is 0 Å². The lowest BCUT2D eigenvalue weighted by Crippen LogP contribution is -2.24. The number of para-hydroxylation sites is 1.